The Morgan fingerprint density at radius 2 is 2.39 bits per heavy atom. The van der Waals surface area contributed by atoms with Gasteiger partial charge in [0.25, 0.3) is 0 Å². The van der Waals surface area contributed by atoms with Crippen LogP contribution in [-0.2, 0) is 6.54 Å². The van der Waals surface area contributed by atoms with Crippen molar-refractivity contribution in [2.75, 3.05) is 13.7 Å². The number of allylic oxidation sites excluding steroid dienone is 1. The molecule has 0 radical (unpaired) electrons. The van der Waals surface area contributed by atoms with Gasteiger partial charge >= 0.3 is 0 Å². The Hall–Kier alpha value is -0.510. The van der Waals surface area contributed by atoms with Gasteiger partial charge in [-0.15, -0.1) is 17.9 Å². The van der Waals surface area contributed by atoms with Crippen molar-refractivity contribution in [3.05, 3.63) is 27.9 Å². The third kappa shape index (κ3) is 5.01. The average Bonchev–Trinajstić information content (AvgIpc) is 2.73. The van der Waals surface area contributed by atoms with Gasteiger partial charge in [-0.2, -0.15) is 0 Å². The summed E-state index contributed by atoms with van der Waals surface area (Å²) in [6.45, 7) is 7.88. The lowest BCUT2D eigenvalue weighted by Gasteiger charge is -2.12. The maximum atomic E-state index is 5.97. The zero-order valence-corrected chi connectivity index (χ0v) is 12.7. The summed E-state index contributed by atoms with van der Waals surface area (Å²) in [6.07, 6.45) is 5.51. The third-order valence-corrected chi connectivity index (χ3v) is 4.30. The maximum Gasteiger partial charge on any atom is 0.135 e. The summed E-state index contributed by atoms with van der Waals surface area (Å²) in [7, 11) is 1.68. The Labute approximate surface area is 119 Å². The predicted octanol–water partition coefficient (Wildman–Crippen LogP) is 4.49. The van der Waals surface area contributed by atoms with Crippen LogP contribution in [0.25, 0.3) is 0 Å². The molecule has 1 heterocycles. The molecule has 0 saturated carbocycles. The van der Waals surface area contributed by atoms with Gasteiger partial charge in [0, 0.05) is 12.6 Å². The molecule has 0 amide bonds. The van der Waals surface area contributed by atoms with Crippen LogP contribution in [-0.4, -0.2) is 13.7 Å². The lowest BCUT2D eigenvalue weighted by molar-refractivity contribution is 0.408. The van der Waals surface area contributed by atoms with Crippen LogP contribution >= 0.6 is 22.9 Å². The fourth-order valence-electron chi connectivity index (χ4n) is 1.91. The summed E-state index contributed by atoms with van der Waals surface area (Å²) >= 11 is 7.55. The summed E-state index contributed by atoms with van der Waals surface area (Å²) in [5.74, 6) is 1.62. The number of thiophene rings is 1. The molecule has 1 rings (SSSR count). The normalized spacial score (nSPS) is 12.4. The minimum absolute atomic E-state index is 0.740. The lowest BCUT2D eigenvalue weighted by Crippen LogP contribution is -2.17. The molecular weight excluding hydrogens is 266 g/mol. The van der Waals surface area contributed by atoms with E-state index < -0.39 is 0 Å². The molecule has 0 saturated heterocycles. The van der Waals surface area contributed by atoms with E-state index in [0.717, 1.165) is 35.5 Å². The Kier molecular flexibility index (Phi) is 7.40. The fourth-order valence-corrected chi connectivity index (χ4v) is 3.11. The van der Waals surface area contributed by atoms with E-state index in [-0.39, 0.29) is 0 Å². The van der Waals surface area contributed by atoms with Gasteiger partial charge in [-0.05, 0) is 25.3 Å². The number of hydrogen-bond acceptors (Lipinski definition) is 3. The smallest absolute Gasteiger partial charge is 0.135 e. The Balaban J connectivity index is 2.30. The maximum absolute atomic E-state index is 5.97. The van der Waals surface area contributed by atoms with Gasteiger partial charge in [-0.1, -0.05) is 31.0 Å². The van der Waals surface area contributed by atoms with Crippen LogP contribution in [0.5, 0.6) is 5.75 Å². The first-order valence-electron chi connectivity index (χ1n) is 6.35. The van der Waals surface area contributed by atoms with E-state index in [1.54, 1.807) is 18.4 Å². The minimum atomic E-state index is 0.740. The van der Waals surface area contributed by atoms with Crippen molar-refractivity contribution in [3.8, 4) is 5.75 Å². The molecule has 102 valence electrons. The van der Waals surface area contributed by atoms with Gasteiger partial charge < -0.3 is 10.1 Å². The molecule has 0 fully saturated rings. The van der Waals surface area contributed by atoms with Crippen molar-refractivity contribution in [1.29, 1.82) is 0 Å². The molecular formula is C14H22ClNOS. The fraction of sp³-hybridized carbons (Fsp3) is 0.571. The van der Waals surface area contributed by atoms with Crippen LogP contribution in [0.1, 0.15) is 31.1 Å². The Morgan fingerprint density at radius 3 is 3.00 bits per heavy atom. The molecule has 2 nitrogen and oxygen atoms in total. The SMILES string of the molecule is C=CCC(CC)CCNCc1sc(Cl)cc1OC. The van der Waals surface area contributed by atoms with Crippen LogP contribution in [0, 0.1) is 5.92 Å². The number of nitrogens with one attached hydrogen (secondary N) is 1. The molecule has 0 aliphatic carbocycles. The van der Waals surface area contributed by atoms with Crippen molar-refractivity contribution in [2.45, 2.75) is 32.7 Å². The summed E-state index contributed by atoms with van der Waals surface area (Å²) in [4.78, 5) is 1.17. The molecule has 18 heavy (non-hydrogen) atoms. The molecule has 0 bridgehead atoms. The van der Waals surface area contributed by atoms with Crippen LogP contribution in [0.2, 0.25) is 4.34 Å². The second-order valence-corrected chi connectivity index (χ2v) is 6.07. The average molecular weight is 288 g/mol. The quantitative estimate of drug-likeness (QED) is 0.534. The van der Waals surface area contributed by atoms with Gasteiger partial charge in [0.1, 0.15) is 5.75 Å². The number of rotatable bonds is 9. The van der Waals surface area contributed by atoms with Crippen molar-refractivity contribution >= 4 is 22.9 Å². The highest BCUT2D eigenvalue weighted by molar-refractivity contribution is 7.16. The van der Waals surface area contributed by atoms with Gasteiger partial charge in [0.2, 0.25) is 0 Å². The largest absolute Gasteiger partial charge is 0.495 e. The zero-order valence-electron chi connectivity index (χ0n) is 11.2. The van der Waals surface area contributed by atoms with Gasteiger partial charge in [0.15, 0.2) is 0 Å². The van der Waals surface area contributed by atoms with E-state index in [1.165, 1.54) is 17.7 Å². The highest BCUT2D eigenvalue weighted by atomic mass is 35.5. The van der Waals surface area contributed by atoms with Crippen molar-refractivity contribution in [3.63, 3.8) is 0 Å². The highest BCUT2D eigenvalue weighted by Gasteiger charge is 2.08. The standard InChI is InChI=1S/C14H22ClNOS/c1-4-6-11(5-2)7-8-16-10-13-12(17-3)9-14(15)18-13/h4,9,11,16H,1,5-8,10H2,2-3H3. The van der Waals surface area contributed by atoms with Gasteiger partial charge in [-0.25, -0.2) is 0 Å². The zero-order chi connectivity index (χ0) is 13.4. The summed E-state index contributed by atoms with van der Waals surface area (Å²) in [5.41, 5.74) is 0. The van der Waals surface area contributed by atoms with E-state index in [1.807, 2.05) is 12.1 Å². The Morgan fingerprint density at radius 1 is 1.61 bits per heavy atom. The molecule has 0 aliphatic rings. The molecule has 1 unspecified atom stereocenters. The first-order chi connectivity index (χ1) is 8.71. The number of ether oxygens (including phenoxy) is 1. The number of hydrogen-bond donors (Lipinski definition) is 1. The summed E-state index contributed by atoms with van der Waals surface area (Å²) in [5, 5.41) is 3.45. The molecule has 4 heteroatoms. The second-order valence-electron chi connectivity index (χ2n) is 4.31. The molecule has 1 aromatic heterocycles. The number of halogens is 1. The van der Waals surface area contributed by atoms with E-state index in [4.69, 9.17) is 16.3 Å². The number of methoxy groups -OCH3 is 1. The third-order valence-electron chi connectivity index (χ3n) is 3.05. The van der Waals surface area contributed by atoms with Crippen LogP contribution < -0.4 is 10.1 Å². The molecule has 0 aliphatic heterocycles. The lowest BCUT2D eigenvalue weighted by atomic mass is 9.99. The highest BCUT2D eigenvalue weighted by Crippen LogP contribution is 2.32. The van der Waals surface area contributed by atoms with E-state index >= 15 is 0 Å². The van der Waals surface area contributed by atoms with E-state index in [2.05, 4.69) is 18.8 Å². The van der Waals surface area contributed by atoms with Crippen LogP contribution in [0.15, 0.2) is 18.7 Å². The molecule has 0 aromatic carbocycles. The molecule has 1 N–H and O–H groups in total. The van der Waals surface area contributed by atoms with Crippen LogP contribution in [0.3, 0.4) is 0 Å². The first-order valence-corrected chi connectivity index (χ1v) is 7.54. The summed E-state index contributed by atoms with van der Waals surface area (Å²) < 4.78 is 6.06. The van der Waals surface area contributed by atoms with Gasteiger partial charge in [-0.3, -0.25) is 0 Å². The topological polar surface area (TPSA) is 21.3 Å². The minimum Gasteiger partial charge on any atom is -0.495 e. The molecule has 1 aromatic rings. The predicted molar refractivity (Wildman–Crippen MR) is 80.8 cm³/mol. The first kappa shape index (κ1) is 15.5. The van der Waals surface area contributed by atoms with Crippen molar-refractivity contribution < 1.29 is 4.74 Å². The van der Waals surface area contributed by atoms with Gasteiger partial charge in [0.05, 0.1) is 16.3 Å². The van der Waals surface area contributed by atoms with E-state index in [9.17, 15) is 0 Å². The molecule has 1 atom stereocenters. The van der Waals surface area contributed by atoms with Crippen molar-refractivity contribution in [2.24, 2.45) is 5.92 Å². The Bertz CT molecular complexity index is 365. The summed E-state index contributed by atoms with van der Waals surface area (Å²) in [6, 6.07) is 1.87. The molecule has 0 spiro atoms. The van der Waals surface area contributed by atoms with Crippen molar-refractivity contribution in [1.82, 2.24) is 5.32 Å². The second kappa shape index (κ2) is 8.57. The van der Waals surface area contributed by atoms with E-state index in [0.29, 0.717) is 0 Å². The van der Waals surface area contributed by atoms with Crippen LogP contribution in [0.4, 0.5) is 0 Å². The monoisotopic (exact) mass is 287 g/mol.